The zero-order chi connectivity index (χ0) is 6.78. The van der Waals surface area contributed by atoms with Crippen LogP contribution >= 0.6 is 0 Å². The van der Waals surface area contributed by atoms with Crippen molar-refractivity contribution in [3.8, 4) is 0 Å². The molecule has 0 aliphatic rings. The minimum Gasteiger partial charge on any atom is -0.851 e. The predicted octanol–water partition coefficient (Wildman–Crippen LogP) is -2.22. The molecule has 0 amide bonds. The van der Waals surface area contributed by atoms with Gasteiger partial charge in [0.2, 0.25) is 0 Å². The summed E-state index contributed by atoms with van der Waals surface area (Å²) in [4.78, 5) is 0. The van der Waals surface area contributed by atoms with Crippen LogP contribution in [0.4, 0.5) is 0 Å². The van der Waals surface area contributed by atoms with Gasteiger partial charge in [0.1, 0.15) is 0 Å². The fourth-order valence-electron chi connectivity index (χ4n) is 0.354. The molecule has 0 saturated carbocycles. The predicted molar refractivity (Wildman–Crippen MR) is 37.3 cm³/mol. The van der Waals surface area contributed by atoms with Crippen LogP contribution in [0, 0.1) is 0 Å². The van der Waals surface area contributed by atoms with Crippen molar-refractivity contribution in [3.05, 3.63) is 12.7 Å². The molecule has 3 heteroatoms. The fraction of sp³-hybridized carbons (Fsp3) is 0.667. The molecule has 0 aliphatic carbocycles. The van der Waals surface area contributed by atoms with Gasteiger partial charge in [-0.3, -0.25) is 0 Å². The second-order valence-electron chi connectivity index (χ2n) is 3.02. The van der Waals surface area contributed by atoms with Crippen LogP contribution in [0.15, 0.2) is 12.7 Å². The van der Waals surface area contributed by atoms with E-state index in [1.165, 1.54) is 6.08 Å². The standard InChI is InChI=1S/C6H13OSi.Li/c1-5-6(7)8(2,3)4;/h5-6H,1H2,2-4H3;/q-1;+1. The summed E-state index contributed by atoms with van der Waals surface area (Å²) in [6.07, 6.45) is 1.51. The summed E-state index contributed by atoms with van der Waals surface area (Å²) in [5.74, 6) is 0. The number of hydrogen-bond acceptors (Lipinski definition) is 1. The van der Waals surface area contributed by atoms with Gasteiger partial charge in [-0.25, -0.2) is 0 Å². The molecule has 1 atom stereocenters. The van der Waals surface area contributed by atoms with E-state index in [0.717, 1.165) is 0 Å². The summed E-state index contributed by atoms with van der Waals surface area (Å²) in [6, 6.07) is 0. The summed E-state index contributed by atoms with van der Waals surface area (Å²) in [6.45, 7) is 9.59. The molecule has 1 nitrogen and oxygen atoms in total. The van der Waals surface area contributed by atoms with Crippen LogP contribution in [0.3, 0.4) is 0 Å². The van der Waals surface area contributed by atoms with E-state index >= 15 is 0 Å². The molecule has 0 aliphatic heterocycles. The van der Waals surface area contributed by atoms with Crippen LogP contribution in [0.25, 0.3) is 0 Å². The van der Waals surface area contributed by atoms with Gasteiger partial charge in [-0.15, -0.1) is 18.4 Å². The zero-order valence-electron chi connectivity index (χ0n) is 6.77. The first-order valence-electron chi connectivity index (χ1n) is 2.77. The smallest absolute Gasteiger partial charge is 0.851 e. The van der Waals surface area contributed by atoms with Crippen molar-refractivity contribution in [2.75, 3.05) is 0 Å². The number of rotatable bonds is 2. The molecule has 0 heterocycles. The average molecular weight is 136 g/mol. The molecule has 9 heavy (non-hydrogen) atoms. The minimum atomic E-state index is -1.43. The molecular weight excluding hydrogens is 123 g/mol. The molecule has 48 valence electrons. The van der Waals surface area contributed by atoms with Gasteiger partial charge in [0.05, 0.1) is 0 Å². The Labute approximate surface area is 70.3 Å². The van der Waals surface area contributed by atoms with E-state index in [0.29, 0.717) is 0 Å². The maximum Gasteiger partial charge on any atom is 1.00 e. The molecular formula is C6H13LiOSi. The first-order valence-corrected chi connectivity index (χ1v) is 6.34. The Hall–Kier alpha value is 0.514. The number of hydrogen-bond donors (Lipinski definition) is 0. The van der Waals surface area contributed by atoms with E-state index < -0.39 is 13.8 Å². The van der Waals surface area contributed by atoms with Crippen molar-refractivity contribution in [2.24, 2.45) is 0 Å². The Morgan fingerprint density at radius 3 is 1.78 bits per heavy atom. The molecule has 0 aromatic heterocycles. The van der Waals surface area contributed by atoms with E-state index in [9.17, 15) is 5.11 Å². The summed E-state index contributed by atoms with van der Waals surface area (Å²) < 4.78 is 0. The van der Waals surface area contributed by atoms with E-state index in [1.54, 1.807) is 0 Å². The Bertz CT molecular complexity index is 87.5. The average Bonchev–Trinajstić information content (AvgIpc) is 1.62. The van der Waals surface area contributed by atoms with Gasteiger partial charge < -0.3 is 5.11 Å². The summed E-state index contributed by atoms with van der Waals surface area (Å²) in [5.41, 5.74) is -0.498. The van der Waals surface area contributed by atoms with Crippen LogP contribution in [0.2, 0.25) is 19.6 Å². The van der Waals surface area contributed by atoms with E-state index in [4.69, 9.17) is 0 Å². The maximum atomic E-state index is 10.9. The van der Waals surface area contributed by atoms with Gasteiger partial charge in [-0.05, 0) is 0 Å². The third kappa shape index (κ3) is 4.98. The Morgan fingerprint density at radius 2 is 1.78 bits per heavy atom. The first-order chi connectivity index (χ1) is 3.48. The van der Waals surface area contributed by atoms with Gasteiger partial charge in [0.25, 0.3) is 0 Å². The van der Waals surface area contributed by atoms with E-state index in [1.807, 2.05) is 19.6 Å². The van der Waals surface area contributed by atoms with Crippen molar-refractivity contribution >= 4 is 8.07 Å². The molecule has 0 fully saturated rings. The van der Waals surface area contributed by atoms with Crippen LogP contribution < -0.4 is 24.0 Å². The van der Waals surface area contributed by atoms with E-state index in [-0.39, 0.29) is 18.9 Å². The minimum absolute atomic E-state index is 0. The molecule has 0 radical (unpaired) electrons. The zero-order valence-corrected chi connectivity index (χ0v) is 7.77. The molecule has 0 N–H and O–H groups in total. The molecule has 0 bridgehead atoms. The molecule has 0 saturated heterocycles. The Balaban J connectivity index is 0. The largest absolute Gasteiger partial charge is 1.00 e. The van der Waals surface area contributed by atoms with Gasteiger partial charge in [0.15, 0.2) is 0 Å². The first kappa shape index (κ1) is 12.2. The quantitative estimate of drug-likeness (QED) is 0.311. The summed E-state index contributed by atoms with van der Waals surface area (Å²) in [5, 5.41) is 10.9. The van der Waals surface area contributed by atoms with Crippen molar-refractivity contribution < 1.29 is 24.0 Å². The van der Waals surface area contributed by atoms with Crippen molar-refractivity contribution in [1.29, 1.82) is 0 Å². The summed E-state index contributed by atoms with van der Waals surface area (Å²) >= 11 is 0. The van der Waals surface area contributed by atoms with Crippen molar-refractivity contribution in [3.63, 3.8) is 0 Å². The van der Waals surface area contributed by atoms with Crippen LogP contribution in [-0.2, 0) is 0 Å². The Morgan fingerprint density at radius 1 is 1.44 bits per heavy atom. The normalized spacial score (nSPS) is 13.8. The van der Waals surface area contributed by atoms with Crippen LogP contribution in [-0.4, -0.2) is 13.8 Å². The van der Waals surface area contributed by atoms with Crippen molar-refractivity contribution in [1.82, 2.24) is 0 Å². The topological polar surface area (TPSA) is 23.1 Å². The molecule has 0 spiro atoms. The monoisotopic (exact) mass is 136 g/mol. The molecule has 1 unspecified atom stereocenters. The van der Waals surface area contributed by atoms with E-state index in [2.05, 4.69) is 6.58 Å². The molecule has 0 aromatic rings. The second kappa shape index (κ2) is 4.35. The SMILES string of the molecule is C=CC([O-])[Si](C)(C)C.[Li+]. The summed E-state index contributed by atoms with van der Waals surface area (Å²) in [7, 11) is -1.43. The third-order valence-electron chi connectivity index (χ3n) is 1.07. The molecule has 0 aromatic carbocycles. The fourth-order valence-corrected chi connectivity index (χ4v) is 1.06. The van der Waals surface area contributed by atoms with Crippen LogP contribution in [0.5, 0.6) is 0 Å². The van der Waals surface area contributed by atoms with Gasteiger partial charge in [0, 0.05) is 8.07 Å². The van der Waals surface area contributed by atoms with Crippen molar-refractivity contribution in [2.45, 2.75) is 25.4 Å². The van der Waals surface area contributed by atoms with Gasteiger partial charge in [-0.2, -0.15) is 0 Å². The second-order valence-corrected chi connectivity index (χ2v) is 8.32. The van der Waals surface area contributed by atoms with Gasteiger partial charge in [-0.1, -0.05) is 19.6 Å². The van der Waals surface area contributed by atoms with Crippen LogP contribution in [0.1, 0.15) is 0 Å². The third-order valence-corrected chi connectivity index (χ3v) is 3.01. The molecule has 0 rings (SSSR count). The van der Waals surface area contributed by atoms with Gasteiger partial charge >= 0.3 is 18.9 Å². The maximum absolute atomic E-state index is 10.9. The Kier molecular flexibility index (Phi) is 5.90.